The van der Waals surface area contributed by atoms with Crippen molar-refractivity contribution in [2.75, 3.05) is 46.2 Å². The Bertz CT molecular complexity index is 1260. The van der Waals surface area contributed by atoms with Crippen molar-refractivity contribution in [3.63, 3.8) is 0 Å². The van der Waals surface area contributed by atoms with Crippen LogP contribution in [0.15, 0.2) is 48.9 Å². The first-order valence-corrected chi connectivity index (χ1v) is 11.4. The van der Waals surface area contributed by atoms with Gasteiger partial charge in [0.15, 0.2) is 11.6 Å². The van der Waals surface area contributed by atoms with E-state index in [1.807, 2.05) is 29.2 Å². The third-order valence-corrected chi connectivity index (χ3v) is 6.68. The number of pyridine rings is 3. The number of aromatic nitrogens is 3. The SMILES string of the molecule is O=C(Nc1ccncc1F)N1c2nc(-c3ccnc(N4CC[C@H](F)C4)c3)ccc2N2CC[C@H]1C2. The Labute approximate surface area is 195 Å². The van der Waals surface area contributed by atoms with E-state index in [0.717, 1.165) is 30.4 Å². The van der Waals surface area contributed by atoms with Crippen molar-refractivity contribution < 1.29 is 13.6 Å². The quantitative estimate of drug-likeness (QED) is 0.636. The van der Waals surface area contributed by atoms with E-state index in [-0.39, 0.29) is 11.7 Å². The molecule has 0 spiro atoms. The molecule has 2 fully saturated rings. The minimum absolute atomic E-state index is 0.0563. The van der Waals surface area contributed by atoms with Crippen molar-refractivity contribution >= 4 is 29.0 Å². The molecule has 0 radical (unpaired) electrons. The second kappa shape index (κ2) is 8.19. The lowest BCUT2D eigenvalue weighted by Gasteiger charge is -2.36. The molecule has 1 N–H and O–H groups in total. The van der Waals surface area contributed by atoms with Gasteiger partial charge in [-0.1, -0.05) is 0 Å². The number of fused-ring (bicyclic) bond motifs is 4. The second-order valence-electron chi connectivity index (χ2n) is 8.82. The highest BCUT2D eigenvalue weighted by molar-refractivity contribution is 6.04. The Morgan fingerprint density at radius 3 is 2.76 bits per heavy atom. The number of anilines is 4. The lowest BCUT2D eigenvalue weighted by atomic mass is 10.1. The van der Waals surface area contributed by atoms with Crippen molar-refractivity contribution in [2.45, 2.75) is 25.1 Å². The molecule has 3 aliphatic rings. The van der Waals surface area contributed by atoms with E-state index in [4.69, 9.17) is 4.98 Å². The first-order chi connectivity index (χ1) is 16.6. The molecule has 2 bridgehead atoms. The molecule has 2 saturated heterocycles. The number of urea groups is 1. The molecule has 8 nitrogen and oxygen atoms in total. The number of halogens is 2. The molecule has 3 aromatic rings. The number of hydrogen-bond acceptors (Lipinski definition) is 6. The van der Waals surface area contributed by atoms with Gasteiger partial charge in [0.1, 0.15) is 12.0 Å². The summed E-state index contributed by atoms with van der Waals surface area (Å²) >= 11 is 0. The summed E-state index contributed by atoms with van der Waals surface area (Å²) in [4.78, 5) is 32.1. The van der Waals surface area contributed by atoms with Gasteiger partial charge in [-0.3, -0.25) is 9.88 Å². The van der Waals surface area contributed by atoms with E-state index in [9.17, 15) is 13.6 Å². The van der Waals surface area contributed by atoms with Crippen LogP contribution >= 0.6 is 0 Å². The molecule has 2 atom stereocenters. The first-order valence-electron chi connectivity index (χ1n) is 11.4. The van der Waals surface area contributed by atoms with Gasteiger partial charge in [0.25, 0.3) is 0 Å². The number of amides is 2. The minimum atomic E-state index is -0.839. The molecule has 34 heavy (non-hydrogen) atoms. The highest BCUT2D eigenvalue weighted by Gasteiger charge is 2.40. The smallest absolute Gasteiger partial charge is 0.327 e. The van der Waals surface area contributed by atoms with Gasteiger partial charge in [0, 0.05) is 37.6 Å². The molecule has 3 aliphatic heterocycles. The van der Waals surface area contributed by atoms with Crippen LogP contribution in [0, 0.1) is 5.82 Å². The van der Waals surface area contributed by atoms with Crippen LogP contribution in [-0.2, 0) is 0 Å². The fourth-order valence-electron chi connectivity index (χ4n) is 4.96. The molecular formula is C24H23F2N7O. The van der Waals surface area contributed by atoms with Crippen LogP contribution in [0.25, 0.3) is 11.3 Å². The standard InChI is InChI=1S/C24H23F2N7O/c25-16-5-9-32(13-16)22-11-15(3-8-28-22)19-1-2-21-23(29-19)33(17-6-10-31(21)14-17)24(34)30-20-4-7-27-12-18(20)26/h1-4,7-8,11-12,16-17H,5-6,9-10,13-14H2,(H,27,30,34)/t16-,17-/m0/s1. The molecule has 6 heterocycles. The number of rotatable bonds is 3. The first kappa shape index (κ1) is 20.8. The maximum atomic E-state index is 14.1. The molecule has 3 aromatic heterocycles. The summed E-state index contributed by atoms with van der Waals surface area (Å²) in [6.45, 7) is 2.50. The van der Waals surface area contributed by atoms with E-state index in [1.165, 1.54) is 12.3 Å². The fourth-order valence-corrected chi connectivity index (χ4v) is 4.96. The summed E-state index contributed by atoms with van der Waals surface area (Å²) in [7, 11) is 0. The van der Waals surface area contributed by atoms with Crippen LogP contribution in [0.5, 0.6) is 0 Å². The van der Waals surface area contributed by atoms with Gasteiger partial charge < -0.3 is 15.1 Å². The van der Waals surface area contributed by atoms with Crippen LogP contribution < -0.4 is 20.0 Å². The molecule has 10 heteroatoms. The van der Waals surface area contributed by atoms with Crippen LogP contribution in [0.4, 0.5) is 36.6 Å². The number of nitrogens with one attached hydrogen (secondary N) is 1. The number of carbonyl (C=O) groups excluding carboxylic acids is 1. The van der Waals surface area contributed by atoms with Crippen molar-refractivity contribution in [1.29, 1.82) is 0 Å². The molecule has 0 aromatic carbocycles. The van der Waals surface area contributed by atoms with Crippen LogP contribution in [0.2, 0.25) is 0 Å². The Balaban J connectivity index is 1.35. The van der Waals surface area contributed by atoms with Crippen LogP contribution in [0.1, 0.15) is 12.8 Å². The average molecular weight is 463 g/mol. The van der Waals surface area contributed by atoms with Gasteiger partial charge >= 0.3 is 6.03 Å². The van der Waals surface area contributed by atoms with Gasteiger partial charge in [-0.05, 0) is 43.2 Å². The Hall–Kier alpha value is -3.82. The molecule has 174 valence electrons. The molecule has 2 amide bonds. The van der Waals surface area contributed by atoms with Gasteiger partial charge in [0.05, 0.1) is 35.9 Å². The summed E-state index contributed by atoms with van der Waals surface area (Å²) in [5, 5.41) is 2.67. The summed E-state index contributed by atoms with van der Waals surface area (Å²) < 4.78 is 27.8. The highest BCUT2D eigenvalue weighted by atomic mass is 19.1. The monoisotopic (exact) mass is 463 g/mol. The van der Waals surface area contributed by atoms with Crippen LogP contribution in [-0.4, -0.2) is 59.4 Å². The van der Waals surface area contributed by atoms with E-state index in [2.05, 4.69) is 20.2 Å². The molecule has 0 saturated carbocycles. The summed E-state index contributed by atoms with van der Waals surface area (Å²) in [6.07, 6.45) is 4.66. The topological polar surface area (TPSA) is 77.5 Å². The lowest BCUT2D eigenvalue weighted by molar-refractivity contribution is 0.254. The molecule has 0 aliphatic carbocycles. The Morgan fingerprint density at radius 1 is 1.06 bits per heavy atom. The van der Waals surface area contributed by atoms with Crippen molar-refractivity contribution in [3.05, 3.63) is 54.7 Å². The number of nitrogens with zero attached hydrogens (tertiary/aromatic N) is 6. The lowest BCUT2D eigenvalue weighted by Crippen LogP contribution is -2.48. The second-order valence-corrected chi connectivity index (χ2v) is 8.82. The summed E-state index contributed by atoms with van der Waals surface area (Å²) in [5.41, 5.74) is 2.47. The predicted octanol–water partition coefficient (Wildman–Crippen LogP) is 3.86. The molecule has 6 rings (SSSR count). The highest BCUT2D eigenvalue weighted by Crippen LogP contribution is 2.40. The van der Waals surface area contributed by atoms with Crippen molar-refractivity contribution in [3.8, 4) is 11.3 Å². The van der Waals surface area contributed by atoms with E-state index in [0.29, 0.717) is 43.4 Å². The zero-order valence-electron chi connectivity index (χ0n) is 18.4. The summed E-state index contributed by atoms with van der Waals surface area (Å²) in [6, 6.07) is 8.61. The van der Waals surface area contributed by atoms with Crippen molar-refractivity contribution in [2.24, 2.45) is 0 Å². The van der Waals surface area contributed by atoms with E-state index in [1.54, 1.807) is 11.1 Å². The molecular weight excluding hydrogens is 440 g/mol. The average Bonchev–Trinajstić information content (AvgIpc) is 3.48. The van der Waals surface area contributed by atoms with Gasteiger partial charge in [-0.25, -0.2) is 23.5 Å². The zero-order chi connectivity index (χ0) is 23.2. The largest absolute Gasteiger partial charge is 0.366 e. The molecule has 0 unspecified atom stereocenters. The number of carbonyl (C=O) groups is 1. The predicted molar refractivity (Wildman–Crippen MR) is 126 cm³/mol. The number of alkyl halides is 1. The minimum Gasteiger partial charge on any atom is -0.366 e. The van der Waals surface area contributed by atoms with E-state index >= 15 is 0 Å². The summed E-state index contributed by atoms with van der Waals surface area (Å²) in [5.74, 6) is 0.662. The van der Waals surface area contributed by atoms with E-state index < -0.39 is 18.0 Å². The maximum absolute atomic E-state index is 14.1. The third kappa shape index (κ3) is 3.59. The zero-order valence-corrected chi connectivity index (χ0v) is 18.4. The normalized spacial score (nSPS) is 21.1. The van der Waals surface area contributed by atoms with Crippen LogP contribution in [0.3, 0.4) is 0 Å². The Kier molecular flexibility index (Phi) is 5.00. The Morgan fingerprint density at radius 2 is 1.94 bits per heavy atom. The van der Waals surface area contributed by atoms with Gasteiger partial charge in [-0.2, -0.15) is 0 Å². The van der Waals surface area contributed by atoms with Gasteiger partial charge in [-0.15, -0.1) is 0 Å². The number of hydrogen-bond donors (Lipinski definition) is 1. The maximum Gasteiger partial charge on any atom is 0.327 e. The van der Waals surface area contributed by atoms with Crippen molar-refractivity contribution in [1.82, 2.24) is 15.0 Å². The third-order valence-electron chi connectivity index (χ3n) is 6.68. The fraction of sp³-hybridized carbons (Fsp3) is 0.333. The van der Waals surface area contributed by atoms with Gasteiger partial charge in [0.2, 0.25) is 0 Å².